The Kier molecular flexibility index (Phi) is 7.49. The number of nitrogens with one attached hydrogen (secondary N) is 1. The van der Waals surface area contributed by atoms with Gasteiger partial charge in [-0.25, -0.2) is 0 Å². The normalized spacial score (nSPS) is 15.8. The summed E-state index contributed by atoms with van der Waals surface area (Å²) >= 11 is 0. The Morgan fingerprint density at radius 1 is 1.04 bits per heavy atom. The van der Waals surface area contributed by atoms with Crippen LogP contribution in [0.5, 0.6) is 5.75 Å². The number of piperidine rings is 1. The maximum atomic E-state index is 12.4. The summed E-state index contributed by atoms with van der Waals surface area (Å²) in [5.74, 6) is 0.659. The van der Waals surface area contributed by atoms with Gasteiger partial charge in [0.05, 0.1) is 6.04 Å². The Bertz CT molecular complexity index is 734. The summed E-state index contributed by atoms with van der Waals surface area (Å²) in [5, 5.41) is 3.08. The molecule has 0 aliphatic carbocycles. The van der Waals surface area contributed by atoms with Gasteiger partial charge in [-0.2, -0.15) is 0 Å². The van der Waals surface area contributed by atoms with Crippen molar-refractivity contribution in [3.05, 3.63) is 65.2 Å². The maximum Gasteiger partial charge on any atom is 0.258 e. The molecule has 1 atom stereocenters. The predicted octanol–water partition coefficient (Wildman–Crippen LogP) is 4.28. The molecular formula is C24H32N2O2. The Morgan fingerprint density at radius 3 is 2.36 bits per heavy atom. The summed E-state index contributed by atoms with van der Waals surface area (Å²) in [7, 11) is 0. The SMILES string of the molecule is CCc1ccc(OCC(=O)NC[C@H](c2ccc(C)cc2)N2CCCCC2)cc1. The van der Waals surface area contributed by atoms with Crippen LogP contribution in [0.15, 0.2) is 48.5 Å². The maximum absolute atomic E-state index is 12.4. The monoisotopic (exact) mass is 380 g/mol. The van der Waals surface area contributed by atoms with Crippen LogP contribution in [0.2, 0.25) is 0 Å². The molecule has 1 amide bonds. The van der Waals surface area contributed by atoms with Crippen LogP contribution in [0, 0.1) is 6.92 Å². The van der Waals surface area contributed by atoms with E-state index in [9.17, 15) is 4.79 Å². The molecule has 0 aromatic heterocycles. The summed E-state index contributed by atoms with van der Waals surface area (Å²) in [4.78, 5) is 14.9. The lowest BCUT2D eigenvalue weighted by atomic mass is 10.0. The fourth-order valence-electron chi connectivity index (χ4n) is 3.71. The molecule has 1 aliphatic rings. The summed E-state index contributed by atoms with van der Waals surface area (Å²) in [6.07, 6.45) is 4.76. The number of nitrogens with zero attached hydrogens (tertiary/aromatic N) is 1. The minimum Gasteiger partial charge on any atom is -0.484 e. The Morgan fingerprint density at radius 2 is 1.71 bits per heavy atom. The first-order valence-electron chi connectivity index (χ1n) is 10.4. The summed E-state index contributed by atoms with van der Waals surface area (Å²) < 4.78 is 5.64. The molecule has 1 aliphatic heterocycles. The molecule has 28 heavy (non-hydrogen) atoms. The van der Waals surface area contributed by atoms with Crippen molar-refractivity contribution in [2.24, 2.45) is 0 Å². The second-order valence-electron chi connectivity index (χ2n) is 7.61. The number of hydrogen-bond donors (Lipinski definition) is 1. The Hall–Kier alpha value is -2.33. The van der Waals surface area contributed by atoms with Crippen LogP contribution in [0.1, 0.15) is 48.9 Å². The van der Waals surface area contributed by atoms with E-state index in [1.54, 1.807) is 0 Å². The molecule has 0 unspecified atom stereocenters. The summed E-state index contributed by atoms with van der Waals surface area (Å²) in [5.41, 5.74) is 3.79. The number of amides is 1. The minimum absolute atomic E-state index is 0.0477. The Labute approximate surface area is 168 Å². The zero-order valence-electron chi connectivity index (χ0n) is 17.1. The lowest BCUT2D eigenvalue weighted by Crippen LogP contribution is -2.41. The lowest BCUT2D eigenvalue weighted by Gasteiger charge is -2.35. The van der Waals surface area contributed by atoms with Gasteiger partial charge in [-0.05, 0) is 62.5 Å². The highest BCUT2D eigenvalue weighted by Crippen LogP contribution is 2.24. The van der Waals surface area contributed by atoms with Crippen LogP contribution < -0.4 is 10.1 Å². The van der Waals surface area contributed by atoms with Gasteiger partial charge in [-0.15, -0.1) is 0 Å². The molecule has 0 radical (unpaired) electrons. The minimum atomic E-state index is -0.0753. The van der Waals surface area contributed by atoms with E-state index < -0.39 is 0 Å². The fourth-order valence-corrected chi connectivity index (χ4v) is 3.71. The molecule has 0 saturated carbocycles. The highest BCUT2D eigenvalue weighted by Gasteiger charge is 2.22. The third kappa shape index (κ3) is 5.83. The highest BCUT2D eigenvalue weighted by molar-refractivity contribution is 5.77. The van der Waals surface area contributed by atoms with Gasteiger partial charge in [0.1, 0.15) is 5.75 Å². The summed E-state index contributed by atoms with van der Waals surface area (Å²) in [6.45, 7) is 7.07. The van der Waals surface area contributed by atoms with Gasteiger partial charge in [0.2, 0.25) is 0 Å². The number of hydrogen-bond acceptors (Lipinski definition) is 3. The van der Waals surface area contributed by atoms with Gasteiger partial charge in [0.15, 0.2) is 6.61 Å². The molecule has 0 bridgehead atoms. The number of carbonyl (C=O) groups excluding carboxylic acids is 1. The first kappa shape index (κ1) is 20.4. The quantitative estimate of drug-likeness (QED) is 0.743. The molecule has 1 fully saturated rings. The first-order chi connectivity index (χ1) is 13.7. The van der Waals surface area contributed by atoms with Gasteiger partial charge in [-0.3, -0.25) is 9.69 Å². The zero-order chi connectivity index (χ0) is 19.8. The van der Waals surface area contributed by atoms with Crippen LogP contribution in [-0.4, -0.2) is 37.0 Å². The second kappa shape index (κ2) is 10.3. The van der Waals surface area contributed by atoms with Crippen molar-refractivity contribution in [1.82, 2.24) is 10.2 Å². The van der Waals surface area contributed by atoms with E-state index in [0.29, 0.717) is 6.54 Å². The average Bonchev–Trinajstić information content (AvgIpc) is 2.75. The largest absolute Gasteiger partial charge is 0.484 e. The lowest BCUT2D eigenvalue weighted by molar-refractivity contribution is -0.123. The molecule has 1 heterocycles. The van der Waals surface area contributed by atoms with E-state index in [1.165, 1.54) is 36.0 Å². The van der Waals surface area contributed by atoms with E-state index in [-0.39, 0.29) is 18.6 Å². The van der Waals surface area contributed by atoms with E-state index >= 15 is 0 Å². The second-order valence-corrected chi connectivity index (χ2v) is 7.61. The topological polar surface area (TPSA) is 41.6 Å². The third-order valence-corrected chi connectivity index (χ3v) is 5.49. The number of ether oxygens (including phenoxy) is 1. The Balaban J connectivity index is 1.55. The van der Waals surface area contributed by atoms with Crippen molar-refractivity contribution in [1.29, 1.82) is 0 Å². The number of rotatable bonds is 8. The van der Waals surface area contributed by atoms with Gasteiger partial charge < -0.3 is 10.1 Å². The molecule has 1 N–H and O–H groups in total. The van der Waals surface area contributed by atoms with Gasteiger partial charge >= 0.3 is 0 Å². The third-order valence-electron chi connectivity index (χ3n) is 5.49. The van der Waals surface area contributed by atoms with Crippen molar-refractivity contribution < 1.29 is 9.53 Å². The molecule has 150 valence electrons. The first-order valence-corrected chi connectivity index (χ1v) is 10.4. The van der Waals surface area contributed by atoms with E-state index in [4.69, 9.17) is 4.74 Å². The fraction of sp³-hybridized carbons (Fsp3) is 0.458. The van der Waals surface area contributed by atoms with Gasteiger partial charge in [0.25, 0.3) is 5.91 Å². The molecule has 0 spiro atoms. The number of aryl methyl sites for hydroxylation is 2. The average molecular weight is 381 g/mol. The molecular weight excluding hydrogens is 348 g/mol. The number of likely N-dealkylation sites (tertiary alicyclic amines) is 1. The van der Waals surface area contributed by atoms with Crippen LogP contribution in [0.4, 0.5) is 0 Å². The van der Waals surface area contributed by atoms with Crippen molar-refractivity contribution in [2.75, 3.05) is 26.2 Å². The standard InChI is InChI=1S/C24H32N2O2/c1-3-20-9-13-22(14-10-20)28-18-24(27)25-17-23(26-15-5-4-6-16-26)21-11-7-19(2)8-12-21/h7-14,23H,3-6,15-18H2,1-2H3,(H,25,27)/t23-/m1/s1. The molecule has 4 heteroatoms. The molecule has 2 aromatic rings. The van der Waals surface area contributed by atoms with Gasteiger partial charge in [0, 0.05) is 6.54 Å². The van der Waals surface area contributed by atoms with Crippen molar-refractivity contribution in [3.8, 4) is 5.75 Å². The molecule has 1 saturated heterocycles. The molecule has 3 rings (SSSR count). The molecule has 2 aromatic carbocycles. The summed E-state index contributed by atoms with van der Waals surface area (Å²) in [6, 6.07) is 16.8. The van der Waals surface area contributed by atoms with Gasteiger partial charge in [-0.1, -0.05) is 55.3 Å². The van der Waals surface area contributed by atoms with E-state index in [2.05, 4.69) is 48.3 Å². The van der Waals surface area contributed by atoms with Crippen molar-refractivity contribution in [3.63, 3.8) is 0 Å². The number of carbonyl (C=O) groups is 1. The van der Waals surface area contributed by atoms with E-state index in [1.807, 2.05) is 24.3 Å². The van der Waals surface area contributed by atoms with Crippen LogP contribution in [0.3, 0.4) is 0 Å². The van der Waals surface area contributed by atoms with Crippen LogP contribution >= 0.6 is 0 Å². The predicted molar refractivity (Wildman–Crippen MR) is 114 cm³/mol. The van der Waals surface area contributed by atoms with Crippen LogP contribution in [0.25, 0.3) is 0 Å². The van der Waals surface area contributed by atoms with E-state index in [0.717, 1.165) is 25.3 Å². The molecule has 4 nitrogen and oxygen atoms in total. The van der Waals surface area contributed by atoms with Crippen molar-refractivity contribution in [2.45, 2.75) is 45.6 Å². The smallest absolute Gasteiger partial charge is 0.258 e. The number of benzene rings is 2. The van der Waals surface area contributed by atoms with Crippen molar-refractivity contribution >= 4 is 5.91 Å². The zero-order valence-corrected chi connectivity index (χ0v) is 17.1. The highest BCUT2D eigenvalue weighted by atomic mass is 16.5. The van der Waals surface area contributed by atoms with Crippen LogP contribution in [-0.2, 0) is 11.2 Å².